The molecule has 1 saturated carbocycles. The van der Waals surface area contributed by atoms with Crippen LogP contribution in [0.1, 0.15) is 53.4 Å². The summed E-state index contributed by atoms with van der Waals surface area (Å²) in [6.07, 6.45) is 5.55. The van der Waals surface area contributed by atoms with E-state index in [2.05, 4.69) is 27.7 Å². The normalized spacial score (nSPS) is 30.5. The van der Waals surface area contributed by atoms with Gasteiger partial charge in [0, 0.05) is 0 Å². The highest BCUT2D eigenvalue weighted by Gasteiger charge is 2.20. The van der Waals surface area contributed by atoms with Crippen LogP contribution in [0.25, 0.3) is 0 Å². The summed E-state index contributed by atoms with van der Waals surface area (Å²) in [4.78, 5) is 0. The zero-order valence-electron chi connectivity index (χ0n) is 9.60. The van der Waals surface area contributed by atoms with Crippen LogP contribution in [0.2, 0.25) is 0 Å². The predicted octanol–water partition coefficient (Wildman–Crippen LogP) is 3.63. The smallest absolute Gasteiger partial charge is 0.0598 e. The summed E-state index contributed by atoms with van der Waals surface area (Å²) in [5.74, 6) is 1.78. The molecule has 1 rings (SSSR count). The Morgan fingerprint density at radius 3 is 2.08 bits per heavy atom. The van der Waals surface area contributed by atoms with Gasteiger partial charge in [-0.25, -0.2) is 0 Å². The average molecular weight is 184 g/mol. The van der Waals surface area contributed by atoms with Crippen molar-refractivity contribution in [3.05, 3.63) is 0 Å². The number of hydrogen-bond donors (Lipinski definition) is 0. The summed E-state index contributed by atoms with van der Waals surface area (Å²) < 4.78 is 5.80. The van der Waals surface area contributed by atoms with Gasteiger partial charge in [-0.1, -0.05) is 19.8 Å². The van der Waals surface area contributed by atoms with E-state index in [1.54, 1.807) is 0 Å². The highest BCUT2D eigenvalue weighted by atomic mass is 16.5. The first-order valence-electron chi connectivity index (χ1n) is 5.61. The molecule has 0 aromatic rings. The summed E-state index contributed by atoms with van der Waals surface area (Å²) >= 11 is 0. The molecule has 0 aromatic heterocycles. The maximum Gasteiger partial charge on any atom is 0.0598 e. The third-order valence-corrected chi connectivity index (χ3v) is 2.89. The number of rotatable bonds is 2. The molecule has 1 aliphatic carbocycles. The van der Waals surface area contributed by atoms with Crippen LogP contribution < -0.4 is 0 Å². The minimum Gasteiger partial charge on any atom is -0.376 e. The topological polar surface area (TPSA) is 9.23 Å². The van der Waals surface area contributed by atoms with Crippen molar-refractivity contribution in [2.75, 3.05) is 6.61 Å². The summed E-state index contributed by atoms with van der Waals surface area (Å²) in [5, 5.41) is 0. The molecular weight excluding hydrogens is 160 g/mol. The summed E-state index contributed by atoms with van der Waals surface area (Å²) in [7, 11) is 0. The Morgan fingerprint density at radius 1 is 1.08 bits per heavy atom. The van der Waals surface area contributed by atoms with Gasteiger partial charge in [0.15, 0.2) is 0 Å². The van der Waals surface area contributed by atoms with E-state index >= 15 is 0 Å². The zero-order chi connectivity index (χ0) is 9.90. The molecule has 13 heavy (non-hydrogen) atoms. The molecule has 0 spiro atoms. The van der Waals surface area contributed by atoms with Crippen molar-refractivity contribution in [1.82, 2.24) is 0 Å². The van der Waals surface area contributed by atoms with Crippen LogP contribution in [-0.2, 0) is 4.74 Å². The largest absolute Gasteiger partial charge is 0.376 e. The molecule has 0 atom stereocenters. The van der Waals surface area contributed by atoms with Gasteiger partial charge >= 0.3 is 0 Å². The van der Waals surface area contributed by atoms with Crippen molar-refractivity contribution in [1.29, 1.82) is 0 Å². The van der Waals surface area contributed by atoms with Crippen LogP contribution in [0.4, 0.5) is 0 Å². The standard InChI is InChI=1S/C12H24O/c1-10-5-7-11(8-6-10)9-13-12(2,3)4/h10-11H,5-9H2,1-4H3/t10-,11+. The molecule has 0 unspecified atom stereocenters. The second-order valence-electron chi connectivity index (χ2n) is 5.55. The third kappa shape index (κ3) is 4.66. The molecule has 0 radical (unpaired) electrons. The summed E-state index contributed by atoms with van der Waals surface area (Å²) in [6.45, 7) is 9.74. The lowest BCUT2D eigenvalue weighted by atomic mass is 9.83. The van der Waals surface area contributed by atoms with Crippen LogP contribution >= 0.6 is 0 Å². The molecule has 1 aliphatic rings. The Balaban J connectivity index is 2.16. The van der Waals surface area contributed by atoms with E-state index in [0.717, 1.165) is 18.4 Å². The van der Waals surface area contributed by atoms with Crippen LogP contribution in [-0.4, -0.2) is 12.2 Å². The van der Waals surface area contributed by atoms with Gasteiger partial charge in [-0.05, 0) is 45.4 Å². The van der Waals surface area contributed by atoms with Gasteiger partial charge in [-0.2, -0.15) is 0 Å². The predicted molar refractivity (Wildman–Crippen MR) is 56.8 cm³/mol. The summed E-state index contributed by atoms with van der Waals surface area (Å²) in [5.41, 5.74) is 0.0447. The Labute approximate surface area is 82.9 Å². The van der Waals surface area contributed by atoms with Gasteiger partial charge < -0.3 is 4.74 Å². The van der Waals surface area contributed by atoms with E-state index < -0.39 is 0 Å². The van der Waals surface area contributed by atoms with Crippen molar-refractivity contribution in [3.63, 3.8) is 0 Å². The molecule has 0 N–H and O–H groups in total. The first kappa shape index (κ1) is 11.0. The molecule has 1 nitrogen and oxygen atoms in total. The minimum atomic E-state index is 0.0447. The molecule has 1 heteroatoms. The maximum atomic E-state index is 5.80. The fraction of sp³-hybridized carbons (Fsp3) is 1.00. The number of hydrogen-bond acceptors (Lipinski definition) is 1. The second kappa shape index (κ2) is 4.45. The zero-order valence-corrected chi connectivity index (χ0v) is 9.60. The fourth-order valence-corrected chi connectivity index (χ4v) is 1.86. The van der Waals surface area contributed by atoms with Crippen LogP contribution in [0, 0.1) is 11.8 Å². The molecule has 0 heterocycles. The van der Waals surface area contributed by atoms with Crippen molar-refractivity contribution >= 4 is 0 Å². The van der Waals surface area contributed by atoms with E-state index in [4.69, 9.17) is 4.74 Å². The molecule has 1 fully saturated rings. The first-order chi connectivity index (χ1) is 5.97. The van der Waals surface area contributed by atoms with Gasteiger partial charge in [-0.15, -0.1) is 0 Å². The SMILES string of the molecule is CC(C)(C)OC[C@H]1CC[C@@H](C)CC1. The van der Waals surface area contributed by atoms with E-state index in [9.17, 15) is 0 Å². The molecule has 78 valence electrons. The second-order valence-corrected chi connectivity index (χ2v) is 5.55. The Bertz CT molecular complexity index is 138. The van der Waals surface area contributed by atoms with E-state index in [0.29, 0.717) is 0 Å². The molecular formula is C12H24O. The van der Waals surface area contributed by atoms with Crippen LogP contribution in [0.15, 0.2) is 0 Å². The van der Waals surface area contributed by atoms with Crippen molar-refractivity contribution in [2.45, 2.75) is 59.0 Å². The fourth-order valence-electron chi connectivity index (χ4n) is 1.86. The highest BCUT2D eigenvalue weighted by molar-refractivity contribution is 4.71. The monoisotopic (exact) mass is 184 g/mol. The lowest BCUT2D eigenvalue weighted by Crippen LogP contribution is -2.25. The lowest BCUT2D eigenvalue weighted by molar-refractivity contribution is -0.0297. The average Bonchev–Trinajstić information content (AvgIpc) is 2.02. The van der Waals surface area contributed by atoms with E-state index in [1.807, 2.05) is 0 Å². The molecule has 0 amide bonds. The van der Waals surface area contributed by atoms with Gasteiger partial charge in [0.2, 0.25) is 0 Å². The van der Waals surface area contributed by atoms with E-state index in [1.165, 1.54) is 25.7 Å². The molecule has 0 aliphatic heterocycles. The number of ether oxygens (including phenoxy) is 1. The van der Waals surface area contributed by atoms with Crippen molar-refractivity contribution < 1.29 is 4.74 Å². The quantitative estimate of drug-likeness (QED) is 0.637. The first-order valence-corrected chi connectivity index (χ1v) is 5.61. The van der Waals surface area contributed by atoms with Gasteiger partial charge in [0.25, 0.3) is 0 Å². The van der Waals surface area contributed by atoms with Gasteiger partial charge in [0.1, 0.15) is 0 Å². The Hall–Kier alpha value is -0.0400. The Morgan fingerprint density at radius 2 is 1.62 bits per heavy atom. The minimum absolute atomic E-state index is 0.0447. The Kier molecular flexibility index (Phi) is 3.78. The highest BCUT2D eigenvalue weighted by Crippen LogP contribution is 2.29. The lowest BCUT2D eigenvalue weighted by Gasteiger charge is -2.29. The maximum absolute atomic E-state index is 5.80. The van der Waals surface area contributed by atoms with Crippen LogP contribution in [0.3, 0.4) is 0 Å². The van der Waals surface area contributed by atoms with Crippen molar-refractivity contribution in [2.24, 2.45) is 11.8 Å². The summed E-state index contributed by atoms with van der Waals surface area (Å²) in [6, 6.07) is 0. The van der Waals surface area contributed by atoms with Crippen LogP contribution in [0.5, 0.6) is 0 Å². The molecule has 0 bridgehead atoms. The molecule has 0 aromatic carbocycles. The van der Waals surface area contributed by atoms with Gasteiger partial charge in [0.05, 0.1) is 12.2 Å². The molecule has 0 saturated heterocycles. The van der Waals surface area contributed by atoms with Gasteiger partial charge in [-0.3, -0.25) is 0 Å². The third-order valence-electron chi connectivity index (χ3n) is 2.89. The van der Waals surface area contributed by atoms with E-state index in [-0.39, 0.29) is 5.60 Å². The van der Waals surface area contributed by atoms with Crippen molar-refractivity contribution in [3.8, 4) is 0 Å².